The topological polar surface area (TPSA) is 53.9 Å². The summed E-state index contributed by atoms with van der Waals surface area (Å²) in [6, 6.07) is 14.5. The van der Waals surface area contributed by atoms with Crippen molar-refractivity contribution in [1.82, 2.24) is 10.2 Å². The second-order valence-corrected chi connectivity index (χ2v) is 11.9. The third-order valence-electron chi connectivity index (χ3n) is 7.40. The van der Waals surface area contributed by atoms with Gasteiger partial charge in [0.05, 0.1) is 12.5 Å². The molecular formula is C33H45N3O2. The third-order valence-corrected chi connectivity index (χ3v) is 7.40. The zero-order valence-electron chi connectivity index (χ0n) is 24.4. The van der Waals surface area contributed by atoms with E-state index >= 15 is 0 Å². The molecule has 1 amide bonds. The Morgan fingerprint density at radius 2 is 1.76 bits per heavy atom. The molecule has 0 bridgehead atoms. The number of ether oxygens (including phenoxy) is 1. The van der Waals surface area contributed by atoms with Crippen LogP contribution < -0.4 is 10.1 Å². The molecule has 1 aliphatic rings. The van der Waals surface area contributed by atoms with Crippen molar-refractivity contribution in [3.63, 3.8) is 0 Å². The fourth-order valence-corrected chi connectivity index (χ4v) is 4.81. The summed E-state index contributed by atoms with van der Waals surface area (Å²) in [5, 5.41) is 3.15. The Morgan fingerprint density at radius 3 is 2.47 bits per heavy atom. The molecule has 5 nitrogen and oxygen atoms in total. The molecule has 0 aromatic heterocycles. The molecule has 3 rings (SSSR count). The van der Waals surface area contributed by atoms with Crippen molar-refractivity contribution in [3.8, 4) is 17.6 Å². The van der Waals surface area contributed by atoms with Crippen LogP contribution in [-0.2, 0) is 17.6 Å². The van der Waals surface area contributed by atoms with E-state index in [1.54, 1.807) is 0 Å². The highest BCUT2D eigenvalue weighted by molar-refractivity contribution is 5.80. The molecule has 0 fully saturated rings. The van der Waals surface area contributed by atoms with E-state index in [4.69, 9.17) is 4.74 Å². The molecule has 5 heteroatoms. The van der Waals surface area contributed by atoms with Gasteiger partial charge in [-0.15, -0.1) is 0 Å². The predicted molar refractivity (Wildman–Crippen MR) is 158 cm³/mol. The van der Waals surface area contributed by atoms with E-state index in [1.807, 2.05) is 31.3 Å². The number of hydrogen-bond acceptors (Lipinski definition) is 4. The van der Waals surface area contributed by atoms with Gasteiger partial charge in [-0.3, -0.25) is 14.7 Å². The Morgan fingerprint density at radius 1 is 1.08 bits per heavy atom. The van der Waals surface area contributed by atoms with Gasteiger partial charge in [-0.25, -0.2) is 0 Å². The SMILES string of the molecule is CC/N=C/CN(C)C(C)(C)C(CC(C)(C)C)C(=O)NCCOc1ccc2c(c1)CCc1ccccc1C#C2. The molecule has 2 aromatic rings. The van der Waals surface area contributed by atoms with Crippen LogP contribution in [0.25, 0.3) is 0 Å². The number of nitrogens with one attached hydrogen (secondary N) is 1. The van der Waals surface area contributed by atoms with Crippen molar-refractivity contribution >= 4 is 12.1 Å². The summed E-state index contributed by atoms with van der Waals surface area (Å²) in [5.41, 5.74) is 4.36. The summed E-state index contributed by atoms with van der Waals surface area (Å²) in [4.78, 5) is 20.0. The highest BCUT2D eigenvalue weighted by Gasteiger charge is 2.40. The van der Waals surface area contributed by atoms with Crippen LogP contribution in [-0.4, -0.2) is 55.8 Å². The summed E-state index contributed by atoms with van der Waals surface area (Å²) in [5.74, 6) is 7.36. The van der Waals surface area contributed by atoms with Crippen LogP contribution in [0.15, 0.2) is 47.5 Å². The minimum atomic E-state index is -0.326. The number of rotatable bonds is 11. The number of benzene rings is 2. The largest absolute Gasteiger partial charge is 0.492 e. The Labute approximate surface area is 230 Å². The first kappa shape index (κ1) is 29.5. The highest BCUT2D eigenvalue weighted by Crippen LogP contribution is 2.34. The van der Waals surface area contributed by atoms with Crippen molar-refractivity contribution in [3.05, 3.63) is 64.7 Å². The predicted octanol–water partition coefficient (Wildman–Crippen LogP) is 5.53. The van der Waals surface area contributed by atoms with E-state index in [9.17, 15) is 4.79 Å². The van der Waals surface area contributed by atoms with Gasteiger partial charge in [0, 0.05) is 36.0 Å². The minimum Gasteiger partial charge on any atom is -0.492 e. The van der Waals surface area contributed by atoms with Gasteiger partial charge in [0.15, 0.2) is 0 Å². The monoisotopic (exact) mass is 515 g/mol. The molecule has 204 valence electrons. The van der Waals surface area contributed by atoms with Gasteiger partial charge < -0.3 is 10.1 Å². The lowest BCUT2D eigenvalue weighted by molar-refractivity contribution is -0.130. The van der Waals surface area contributed by atoms with E-state index in [2.05, 4.69) is 93.0 Å². The first-order valence-corrected chi connectivity index (χ1v) is 13.8. The van der Waals surface area contributed by atoms with Crippen molar-refractivity contribution in [2.24, 2.45) is 16.3 Å². The summed E-state index contributed by atoms with van der Waals surface area (Å²) in [6.45, 7) is 15.3. The molecule has 1 atom stereocenters. The molecule has 0 saturated carbocycles. The molecular weight excluding hydrogens is 470 g/mol. The van der Waals surface area contributed by atoms with Gasteiger partial charge in [0.2, 0.25) is 5.91 Å². The number of hydrogen-bond donors (Lipinski definition) is 1. The average Bonchev–Trinajstić information content (AvgIpc) is 2.86. The van der Waals surface area contributed by atoms with Gasteiger partial charge in [0.1, 0.15) is 12.4 Å². The molecule has 1 N–H and O–H groups in total. The first-order chi connectivity index (χ1) is 18.0. The molecule has 38 heavy (non-hydrogen) atoms. The zero-order valence-corrected chi connectivity index (χ0v) is 24.4. The summed E-state index contributed by atoms with van der Waals surface area (Å²) in [6.07, 6.45) is 4.61. The number of carbonyl (C=O) groups is 1. The molecule has 0 aliphatic heterocycles. The molecule has 0 radical (unpaired) electrons. The first-order valence-electron chi connectivity index (χ1n) is 13.8. The minimum absolute atomic E-state index is 0.0260. The molecule has 0 spiro atoms. The summed E-state index contributed by atoms with van der Waals surface area (Å²) >= 11 is 0. The zero-order chi connectivity index (χ0) is 27.8. The maximum absolute atomic E-state index is 13.4. The van der Waals surface area contributed by atoms with Crippen LogP contribution in [0.1, 0.15) is 70.2 Å². The second-order valence-electron chi connectivity index (χ2n) is 11.9. The number of amides is 1. The number of nitrogens with zero attached hydrogens (tertiary/aromatic N) is 2. The Hall–Kier alpha value is -3.10. The molecule has 1 unspecified atom stereocenters. The lowest BCUT2D eigenvalue weighted by Gasteiger charge is -2.43. The summed E-state index contributed by atoms with van der Waals surface area (Å²) in [7, 11) is 2.07. The van der Waals surface area contributed by atoms with Crippen LogP contribution in [0.3, 0.4) is 0 Å². The maximum atomic E-state index is 13.4. The van der Waals surface area contributed by atoms with Crippen LogP contribution in [0, 0.1) is 23.2 Å². The molecule has 2 aromatic carbocycles. The van der Waals surface area contributed by atoms with E-state index in [-0.39, 0.29) is 22.8 Å². The van der Waals surface area contributed by atoms with Gasteiger partial charge in [-0.2, -0.15) is 0 Å². The normalized spacial score (nSPS) is 14.1. The Balaban J connectivity index is 1.60. The lowest BCUT2D eigenvalue weighted by Crippen LogP contribution is -2.54. The fourth-order valence-electron chi connectivity index (χ4n) is 4.81. The third kappa shape index (κ3) is 8.20. The van der Waals surface area contributed by atoms with Crippen molar-refractivity contribution in [2.75, 3.05) is 33.3 Å². The maximum Gasteiger partial charge on any atom is 0.225 e. The fraction of sp³-hybridized carbons (Fsp3) is 0.515. The standard InChI is InChI=1S/C33H45N3O2/c1-8-34-19-21-36(7)33(5,6)30(24-32(2,3)4)31(37)35-20-22-38-29-18-17-27-14-13-25-11-9-10-12-26(25)15-16-28(27)23-29/h9-12,17-19,23,30H,8,15-16,20-22,24H2,1-7H3,(H,35,37)/b34-19+. The van der Waals surface area contributed by atoms with Gasteiger partial charge in [-0.05, 0) is 87.9 Å². The Bertz CT molecular complexity index is 1180. The van der Waals surface area contributed by atoms with Crippen LogP contribution >= 0.6 is 0 Å². The average molecular weight is 516 g/mol. The highest BCUT2D eigenvalue weighted by atomic mass is 16.5. The van der Waals surface area contributed by atoms with E-state index in [1.165, 1.54) is 11.1 Å². The van der Waals surface area contributed by atoms with Crippen molar-refractivity contribution < 1.29 is 9.53 Å². The van der Waals surface area contributed by atoms with Gasteiger partial charge in [-0.1, -0.05) is 50.8 Å². The smallest absolute Gasteiger partial charge is 0.225 e. The lowest BCUT2D eigenvalue weighted by atomic mass is 9.74. The van der Waals surface area contributed by atoms with Crippen molar-refractivity contribution in [2.45, 2.75) is 66.3 Å². The van der Waals surface area contributed by atoms with E-state index in [0.29, 0.717) is 19.7 Å². The van der Waals surface area contributed by atoms with E-state index < -0.39 is 0 Å². The number of fused-ring (bicyclic) bond motifs is 2. The van der Waals surface area contributed by atoms with Gasteiger partial charge >= 0.3 is 0 Å². The van der Waals surface area contributed by atoms with Crippen LogP contribution in [0.2, 0.25) is 0 Å². The van der Waals surface area contributed by atoms with E-state index in [0.717, 1.165) is 42.7 Å². The molecule has 0 saturated heterocycles. The summed E-state index contributed by atoms with van der Waals surface area (Å²) < 4.78 is 6.05. The molecule has 1 aliphatic carbocycles. The van der Waals surface area contributed by atoms with Gasteiger partial charge in [0.25, 0.3) is 0 Å². The second kappa shape index (κ2) is 13.1. The molecule has 0 heterocycles. The van der Waals surface area contributed by atoms with Crippen LogP contribution in [0.4, 0.5) is 0 Å². The van der Waals surface area contributed by atoms with Crippen LogP contribution in [0.5, 0.6) is 5.75 Å². The number of carbonyl (C=O) groups excluding carboxylic acids is 1. The number of aryl methyl sites for hydroxylation is 2. The van der Waals surface area contributed by atoms with Crippen molar-refractivity contribution in [1.29, 1.82) is 0 Å². The number of aliphatic imine (C=N–C) groups is 1. The quantitative estimate of drug-likeness (QED) is 0.243. The Kier molecular flexibility index (Phi) is 10.2.